The molecular formula is C21H27NO4. The van der Waals surface area contributed by atoms with Crippen molar-refractivity contribution in [2.75, 3.05) is 6.61 Å². The molecule has 5 heteroatoms. The van der Waals surface area contributed by atoms with Gasteiger partial charge in [-0.1, -0.05) is 35.4 Å². The van der Waals surface area contributed by atoms with E-state index >= 15 is 0 Å². The normalized spacial score (nSPS) is 10.7. The van der Waals surface area contributed by atoms with Gasteiger partial charge in [0, 0.05) is 11.1 Å². The van der Waals surface area contributed by atoms with E-state index < -0.39 is 6.09 Å². The van der Waals surface area contributed by atoms with E-state index in [1.165, 1.54) is 4.90 Å². The summed E-state index contributed by atoms with van der Waals surface area (Å²) in [4.78, 5) is 13.9. The first-order valence-corrected chi connectivity index (χ1v) is 8.72. The van der Waals surface area contributed by atoms with Crippen molar-refractivity contribution in [2.45, 2.75) is 47.7 Å². The Labute approximate surface area is 154 Å². The Morgan fingerprint density at radius 1 is 0.885 bits per heavy atom. The van der Waals surface area contributed by atoms with Crippen LogP contribution in [0, 0.1) is 27.7 Å². The molecule has 0 aliphatic heterocycles. The molecule has 5 nitrogen and oxygen atoms in total. The molecule has 0 heterocycles. The van der Waals surface area contributed by atoms with E-state index in [0.717, 1.165) is 22.3 Å². The van der Waals surface area contributed by atoms with E-state index in [2.05, 4.69) is 0 Å². The average Bonchev–Trinajstić information content (AvgIpc) is 2.56. The van der Waals surface area contributed by atoms with Crippen LogP contribution in [0.25, 0.3) is 0 Å². The lowest BCUT2D eigenvalue weighted by Crippen LogP contribution is -2.31. The minimum atomic E-state index is -0.482. The maximum absolute atomic E-state index is 12.5. The van der Waals surface area contributed by atoms with Gasteiger partial charge in [-0.05, 0) is 45.7 Å². The molecule has 26 heavy (non-hydrogen) atoms. The average molecular weight is 357 g/mol. The Bertz CT molecular complexity index is 755. The van der Waals surface area contributed by atoms with E-state index in [1.807, 2.05) is 52.0 Å². The summed E-state index contributed by atoms with van der Waals surface area (Å²) in [5.41, 5.74) is 4.84. The molecule has 0 aliphatic carbocycles. The lowest BCUT2D eigenvalue weighted by atomic mass is 10.0. The lowest BCUT2D eigenvalue weighted by Gasteiger charge is -2.24. The fraction of sp³-hybridized carbons (Fsp3) is 0.381. The predicted molar refractivity (Wildman–Crippen MR) is 101 cm³/mol. The van der Waals surface area contributed by atoms with Gasteiger partial charge in [0.2, 0.25) is 0 Å². The van der Waals surface area contributed by atoms with Crippen molar-refractivity contribution in [3.8, 4) is 11.5 Å². The third-order valence-electron chi connectivity index (χ3n) is 4.30. The number of ether oxygens (including phenoxy) is 1. The number of aromatic hydroxyl groups is 2. The van der Waals surface area contributed by atoms with Gasteiger partial charge in [-0.3, -0.25) is 4.90 Å². The number of hydrogen-bond acceptors (Lipinski definition) is 4. The zero-order valence-corrected chi connectivity index (χ0v) is 16.1. The largest absolute Gasteiger partial charge is 0.507 e. The van der Waals surface area contributed by atoms with Crippen LogP contribution in [0.15, 0.2) is 24.3 Å². The van der Waals surface area contributed by atoms with Crippen LogP contribution in [0.5, 0.6) is 11.5 Å². The Balaban J connectivity index is 2.38. The standard InChI is InChI=1S/C21H27NO4/c1-6-26-21(25)22(11-17-9-13(2)7-15(4)19(17)23)12-18-10-14(3)8-16(5)20(18)24/h7-10,23-24H,6,11-12H2,1-5H3. The number of hydrogen-bond donors (Lipinski definition) is 2. The summed E-state index contributed by atoms with van der Waals surface area (Å²) in [5.74, 6) is 0.351. The molecule has 0 unspecified atom stereocenters. The zero-order valence-electron chi connectivity index (χ0n) is 16.1. The number of benzene rings is 2. The number of phenolic OH excluding ortho intramolecular Hbond substituents is 2. The van der Waals surface area contributed by atoms with Gasteiger partial charge in [-0.25, -0.2) is 4.79 Å². The highest BCUT2D eigenvalue weighted by Gasteiger charge is 2.20. The van der Waals surface area contributed by atoms with E-state index in [-0.39, 0.29) is 31.2 Å². The summed E-state index contributed by atoms with van der Waals surface area (Å²) in [7, 11) is 0. The van der Waals surface area contributed by atoms with Crippen LogP contribution in [0.3, 0.4) is 0 Å². The van der Waals surface area contributed by atoms with Crippen molar-refractivity contribution in [1.82, 2.24) is 4.90 Å². The molecule has 0 aliphatic rings. The highest BCUT2D eigenvalue weighted by molar-refractivity contribution is 5.68. The van der Waals surface area contributed by atoms with Gasteiger partial charge >= 0.3 is 6.09 Å². The SMILES string of the molecule is CCOC(=O)N(Cc1cc(C)cc(C)c1O)Cc1cc(C)cc(C)c1O. The van der Waals surface area contributed by atoms with Crippen molar-refractivity contribution >= 4 is 6.09 Å². The number of amides is 1. The maximum Gasteiger partial charge on any atom is 0.410 e. The smallest absolute Gasteiger partial charge is 0.410 e. The predicted octanol–water partition coefficient (Wildman–Crippen LogP) is 4.49. The summed E-state index contributed by atoms with van der Waals surface area (Å²) in [6, 6.07) is 7.50. The Kier molecular flexibility index (Phi) is 6.14. The van der Waals surface area contributed by atoms with Crippen LogP contribution in [0.2, 0.25) is 0 Å². The second-order valence-corrected chi connectivity index (χ2v) is 6.73. The van der Waals surface area contributed by atoms with E-state index in [4.69, 9.17) is 4.74 Å². The fourth-order valence-corrected chi connectivity index (χ4v) is 3.15. The van der Waals surface area contributed by atoms with Gasteiger partial charge in [0.25, 0.3) is 0 Å². The second-order valence-electron chi connectivity index (χ2n) is 6.73. The first kappa shape index (κ1) is 19.6. The molecule has 140 valence electrons. The highest BCUT2D eigenvalue weighted by atomic mass is 16.6. The van der Waals surface area contributed by atoms with E-state index in [9.17, 15) is 15.0 Å². The van der Waals surface area contributed by atoms with Crippen LogP contribution < -0.4 is 0 Å². The molecule has 0 spiro atoms. The van der Waals surface area contributed by atoms with Crippen LogP contribution in [-0.2, 0) is 17.8 Å². The first-order valence-electron chi connectivity index (χ1n) is 8.72. The topological polar surface area (TPSA) is 70.0 Å². The Morgan fingerprint density at radius 2 is 1.31 bits per heavy atom. The van der Waals surface area contributed by atoms with Crippen molar-refractivity contribution in [3.63, 3.8) is 0 Å². The number of aryl methyl sites for hydroxylation is 4. The van der Waals surface area contributed by atoms with E-state index in [0.29, 0.717) is 11.1 Å². The van der Waals surface area contributed by atoms with Crippen molar-refractivity contribution in [2.24, 2.45) is 0 Å². The van der Waals surface area contributed by atoms with E-state index in [1.54, 1.807) is 6.92 Å². The molecule has 2 aromatic rings. The van der Waals surface area contributed by atoms with Crippen LogP contribution in [0.1, 0.15) is 40.3 Å². The molecule has 1 amide bonds. The van der Waals surface area contributed by atoms with Gasteiger partial charge in [-0.2, -0.15) is 0 Å². The molecule has 2 rings (SSSR count). The number of carbonyl (C=O) groups excluding carboxylic acids is 1. The molecule has 0 saturated carbocycles. The fourth-order valence-electron chi connectivity index (χ4n) is 3.15. The summed E-state index contributed by atoms with van der Waals surface area (Å²) in [6.45, 7) is 9.94. The van der Waals surface area contributed by atoms with Gasteiger partial charge in [0.05, 0.1) is 19.7 Å². The Morgan fingerprint density at radius 3 is 1.69 bits per heavy atom. The molecule has 0 bridgehead atoms. The summed E-state index contributed by atoms with van der Waals surface area (Å²) in [5, 5.41) is 20.7. The molecule has 0 atom stereocenters. The van der Waals surface area contributed by atoms with Gasteiger partial charge in [-0.15, -0.1) is 0 Å². The summed E-state index contributed by atoms with van der Waals surface area (Å²) >= 11 is 0. The van der Waals surface area contributed by atoms with Crippen molar-refractivity contribution < 1.29 is 19.7 Å². The Hall–Kier alpha value is -2.69. The van der Waals surface area contributed by atoms with Gasteiger partial charge in [0.15, 0.2) is 0 Å². The van der Waals surface area contributed by atoms with Crippen LogP contribution in [0.4, 0.5) is 4.79 Å². The van der Waals surface area contributed by atoms with Crippen LogP contribution in [-0.4, -0.2) is 27.8 Å². The monoisotopic (exact) mass is 357 g/mol. The molecule has 0 aromatic heterocycles. The zero-order chi connectivity index (χ0) is 19.4. The second kappa shape index (κ2) is 8.13. The molecule has 2 N–H and O–H groups in total. The minimum absolute atomic E-state index is 0.176. The number of phenols is 2. The van der Waals surface area contributed by atoms with Crippen molar-refractivity contribution in [1.29, 1.82) is 0 Å². The van der Waals surface area contributed by atoms with Gasteiger partial charge in [0.1, 0.15) is 11.5 Å². The summed E-state index contributed by atoms with van der Waals surface area (Å²) in [6.07, 6.45) is -0.482. The number of carbonyl (C=O) groups is 1. The number of nitrogens with zero attached hydrogens (tertiary/aromatic N) is 1. The van der Waals surface area contributed by atoms with Crippen LogP contribution >= 0.6 is 0 Å². The lowest BCUT2D eigenvalue weighted by molar-refractivity contribution is 0.101. The quantitative estimate of drug-likeness (QED) is 0.827. The summed E-state index contributed by atoms with van der Waals surface area (Å²) < 4.78 is 5.17. The van der Waals surface area contributed by atoms with Gasteiger partial charge < -0.3 is 14.9 Å². The molecule has 2 aromatic carbocycles. The maximum atomic E-state index is 12.5. The number of rotatable bonds is 5. The molecule has 0 radical (unpaired) electrons. The molecular weight excluding hydrogens is 330 g/mol. The molecule has 0 fully saturated rings. The van der Waals surface area contributed by atoms with Crippen molar-refractivity contribution in [3.05, 3.63) is 57.6 Å². The third-order valence-corrected chi connectivity index (χ3v) is 4.30. The first-order chi connectivity index (χ1) is 12.2. The third kappa shape index (κ3) is 4.48. The molecule has 0 saturated heterocycles. The highest BCUT2D eigenvalue weighted by Crippen LogP contribution is 2.29. The minimum Gasteiger partial charge on any atom is -0.507 e.